The molecule has 3 aromatic heterocycles. The third-order valence-electron chi connectivity index (χ3n) is 7.90. The van der Waals surface area contributed by atoms with Crippen LogP contribution in [0.5, 0.6) is 0 Å². The minimum absolute atomic E-state index is 0.0833. The zero-order valence-corrected chi connectivity index (χ0v) is 25.2. The Morgan fingerprint density at radius 1 is 1.14 bits per heavy atom. The van der Waals surface area contributed by atoms with Crippen LogP contribution in [0.2, 0.25) is 25.7 Å². The second kappa shape index (κ2) is 11.6. The number of piperidine rings is 1. The number of alkyl halides is 3. The summed E-state index contributed by atoms with van der Waals surface area (Å²) in [5.74, 6) is 0.170. The average molecular weight is 600 g/mol. The van der Waals surface area contributed by atoms with Gasteiger partial charge in [-0.15, -0.1) is 0 Å². The molecule has 224 valence electrons. The highest BCUT2D eigenvalue weighted by molar-refractivity contribution is 6.76. The van der Waals surface area contributed by atoms with Gasteiger partial charge in [0.15, 0.2) is 5.43 Å². The molecular formula is C30H36F3N5O3Si. The van der Waals surface area contributed by atoms with Gasteiger partial charge in [0.1, 0.15) is 12.4 Å². The van der Waals surface area contributed by atoms with Crippen molar-refractivity contribution in [3.63, 3.8) is 0 Å². The molecule has 12 heteroatoms. The summed E-state index contributed by atoms with van der Waals surface area (Å²) in [7, 11) is -1.22. The Hall–Kier alpha value is -3.64. The molecule has 5 rings (SSSR count). The lowest BCUT2D eigenvalue weighted by atomic mass is 9.92. The molecule has 1 fully saturated rings. The number of rotatable bonds is 7. The first kappa shape index (κ1) is 29.8. The van der Waals surface area contributed by atoms with Crippen molar-refractivity contribution >= 4 is 41.7 Å². The molecule has 0 bridgehead atoms. The Bertz CT molecular complexity index is 1660. The fourth-order valence-corrected chi connectivity index (χ4v) is 6.15. The summed E-state index contributed by atoms with van der Waals surface area (Å²) >= 11 is 0. The number of pyridine rings is 2. The van der Waals surface area contributed by atoms with Crippen LogP contribution in [0.25, 0.3) is 21.9 Å². The highest BCUT2D eigenvalue weighted by Gasteiger charge is 2.33. The van der Waals surface area contributed by atoms with E-state index in [1.807, 2.05) is 21.4 Å². The molecule has 42 heavy (non-hydrogen) atoms. The van der Waals surface area contributed by atoms with Crippen molar-refractivity contribution in [2.45, 2.75) is 58.0 Å². The molecule has 2 amide bonds. The number of anilines is 1. The van der Waals surface area contributed by atoms with Gasteiger partial charge in [-0.05, 0) is 42.6 Å². The number of fused-ring (bicyclic) bond motifs is 3. The second-order valence-electron chi connectivity index (χ2n) is 12.3. The molecule has 8 nitrogen and oxygen atoms in total. The number of hydrogen-bond donors (Lipinski definition) is 1. The molecule has 1 aliphatic rings. The minimum Gasteiger partial charge on any atom is -0.361 e. The van der Waals surface area contributed by atoms with Crippen molar-refractivity contribution in [3.8, 4) is 0 Å². The number of carbonyl (C=O) groups is 1. The van der Waals surface area contributed by atoms with Crippen LogP contribution in [-0.2, 0) is 17.6 Å². The van der Waals surface area contributed by atoms with Crippen LogP contribution in [-0.4, -0.2) is 52.8 Å². The van der Waals surface area contributed by atoms with E-state index in [1.54, 1.807) is 17.3 Å². The first-order chi connectivity index (χ1) is 19.8. The number of hydrogen-bond acceptors (Lipinski definition) is 4. The second-order valence-corrected chi connectivity index (χ2v) is 17.9. The summed E-state index contributed by atoms with van der Waals surface area (Å²) < 4.78 is 49.4. The summed E-state index contributed by atoms with van der Waals surface area (Å²) in [4.78, 5) is 32.3. The van der Waals surface area contributed by atoms with E-state index < -0.39 is 25.8 Å². The van der Waals surface area contributed by atoms with E-state index in [9.17, 15) is 22.8 Å². The van der Waals surface area contributed by atoms with Crippen LogP contribution < -0.4 is 10.7 Å². The van der Waals surface area contributed by atoms with Gasteiger partial charge in [0, 0.05) is 63.5 Å². The number of likely N-dealkylation sites (tertiary alicyclic amines) is 1. The molecule has 4 aromatic rings. The molecule has 1 saturated heterocycles. The van der Waals surface area contributed by atoms with Crippen molar-refractivity contribution in [2.24, 2.45) is 5.92 Å². The minimum atomic E-state index is -4.50. The molecule has 0 unspecified atom stereocenters. The van der Waals surface area contributed by atoms with E-state index in [0.29, 0.717) is 43.9 Å². The average Bonchev–Trinajstić information content (AvgIpc) is 3.34. The lowest BCUT2D eigenvalue weighted by Crippen LogP contribution is -2.46. The zero-order chi connectivity index (χ0) is 30.2. The van der Waals surface area contributed by atoms with Gasteiger partial charge in [0.05, 0.1) is 22.5 Å². The smallest absolute Gasteiger partial charge is 0.361 e. The Morgan fingerprint density at radius 3 is 2.67 bits per heavy atom. The standard InChI is InChI=1S/C30H36F3N5O3Si/c1-20-8-11-36(29(40)35-22-7-5-6-21(16-22)30(31,32)33)18-25(20)38-13-10-26(39)24-17-34-28-23(27(24)38)9-12-37(28)19-41-14-15-42(2,3)4/h5-7,9-10,12-13,16-17,20,25H,8,11,14-15,18-19H2,1-4H3,(H,35,40)/t20-,25+/m1/s1. The summed E-state index contributed by atoms with van der Waals surface area (Å²) in [6, 6.07) is 8.48. The monoisotopic (exact) mass is 599 g/mol. The predicted molar refractivity (Wildman–Crippen MR) is 160 cm³/mol. The van der Waals surface area contributed by atoms with Crippen LogP contribution >= 0.6 is 0 Å². The maximum atomic E-state index is 13.2. The fourth-order valence-electron chi connectivity index (χ4n) is 5.39. The van der Waals surface area contributed by atoms with E-state index in [1.165, 1.54) is 18.2 Å². The Balaban J connectivity index is 1.42. The van der Waals surface area contributed by atoms with Crippen molar-refractivity contribution in [1.29, 1.82) is 0 Å². The SMILES string of the molecule is C[C@@H]1CCN(C(=O)Nc2cccc(C(F)(F)F)c2)C[C@@H]1n1ccc(=O)c2cnc3c(ccn3COCC[Si](C)(C)C)c21. The van der Waals surface area contributed by atoms with E-state index in [4.69, 9.17) is 4.74 Å². The largest absolute Gasteiger partial charge is 0.416 e. The van der Waals surface area contributed by atoms with Gasteiger partial charge in [-0.1, -0.05) is 32.6 Å². The van der Waals surface area contributed by atoms with Crippen LogP contribution in [0.3, 0.4) is 0 Å². The van der Waals surface area contributed by atoms with Crippen LogP contribution in [0.1, 0.15) is 24.9 Å². The molecule has 0 spiro atoms. The Morgan fingerprint density at radius 2 is 1.93 bits per heavy atom. The van der Waals surface area contributed by atoms with E-state index in [-0.39, 0.29) is 23.1 Å². The molecule has 0 radical (unpaired) electrons. The van der Waals surface area contributed by atoms with Crippen LogP contribution in [0, 0.1) is 5.92 Å². The zero-order valence-electron chi connectivity index (χ0n) is 24.2. The highest BCUT2D eigenvalue weighted by Crippen LogP contribution is 2.34. The maximum Gasteiger partial charge on any atom is 0.416 e. The molecule has 0 aliphatic carbocycles. The number of urea groups is 1. The van der Waals surface area contributed by atoms with Crippen molar-refractivity contribution in [2.75, 3.05) is 25.0 Å². The van der Waals surface area contributed by atoms with E-state index in [0.717, 1.165) is 29.1 Å². The first-order valence-electron chi connectivity index (χ1n) is 14.1. The first-order valence-corrected chi connectivity index (χ1v) is 17.8. The molecule has 0 saturated carbocycles. The number of halogens is 3. The number of nitrogens with zero attached hydrogens (tertiary/aromatic N) is 4. The Labute approximate surface area is 243 Å². The van der Waals surface area contributed by atoms with Gasteiger partial charge < -0.3 is 24.1 Å². The molecule has 1 N–H and O–H groups in total. The van der Waals surface area contributed by atoms with Crippen molar-refractivity contribution in [3.05, 3.63) is 70.8 Å². The predicted octanol–water partition coefficient (Wildman–Crippen LogP) is 6.80. The highest BCUT2D eigenvalue weighted by atomic mass is 28.3. The molecule has 4 heterocycles. The van der Waals surface area contributed by atoms with Gasteiger partial charge in [-0.2, -0.15) is 13.2 Å². The number of aromatic nitrogens is 3. The summed E-state index contributed by atoms with van der Waals surface area (Å²) in [6.07, 6.45) is 1.46. The fraction of sp³-hybridized carbons (Fsp3) is 0.433. The number of amides is 2. The third kappa shape index (κ3) is 6.39. The van der Waals surface area contributed by atoms with Gasteiger partial charge in [-0.3, -0.25) is 4.79 Å². The van der Waals surface area contributed by atoms with Crippen LogP contribution in [0.4, 0.5) is 23.7 Å². The topological polar surface area (TPSA) is 81.4 Å². The van der Waals surface area contributed by atoms with Gasteiger partial charge >= 0.3 is 12.2 Å². The van der Waals surface area contributed by atoms with Crippen LogP contribution in [0.15, 0.2) is 59.8 Å². The van der Waals surface area contributed by atoms with E-state index >= 15 is 0 Å². The number of carbonyl (C=O) groups excluding carboxylic acids is 1. The summed E-state index contributed by atoms with van der Waals surface area (Å²) in [5, 5.41) is 3.93. The van der Waals surface area contributed by atoms with Gasteiger partial charge in [0.2, 0.25) is 0 Å². The van der Waals surface area contributed by atoms with Gasteiger partial charge in [-0.25, -0.2) is 9.78 Å². The molecular weight excluding hydrogens is 563 g/mol. The lowest BCUT2D eigenvalue weighted by Gasteiger charge is -2.39. The summed E-state index contributed by atoms with van der Waals surface area (Å²) in [6.45, 7) is 10.8. The van der Waals surface area contributed by atoms with Gasteiger partial charge in [0.25, 0.3) is 0 Å². The quantitative estimate of drug-likeness (QED) is 0.187. The normalized spacial score (nSPS) is 18.1. The number of benzene rings is 1. The number of nitrogens with one attached hydrogen (secondary N) is 1. The van der Waals surface area contributed by atoms with Crippen molar-refractivity contribution < 1.29 is 22.7 Å². The van der Waals surface area contributed by atoms with Crippen molar-refractivity contribution in [1.82, 2.24) is 19.0 Å². The lowest BCUT2D eigenvalue weighted by molar-refractivity contribution is -0.137. The maximum absolute atomic E-state index is 13.2. The molecule has 1 aromatic carbocycles. The summed E-state index contributed by atoms with van der Waals surface area (Å²) in [5.41, 5.74) is 0.566. The molecule has 2 atom stereocenters. The molecule has 1 aliphatic heterocycles. The van der Waals surface area contributed by atoms with E-state index in [2.05, 4.69) is 36.9 Å². The Kier molecular flexibility index (Phi) is 8.21. The third-order valence-corrected chi connectivity index (χ3v) is 9.61. The number of ether oxygens (including phenoxy) is 1.